The second kappa shape index (κ2) is 8.45. The fourth-order valence-corrected chi connectivity index (χ4v) is 2.57. The maximum atomic E-state index is 12.1. The van der Waals surface area contributed by atoms with Gasteiger partial charge in [0.15, 0.2) is 0 Å². The highest BCUT2D eigenvalue weighted by atomic mass is 35.5. The molecule has 1 heterocycles. The van der Waals surface area contributed by atoms with Crippen molar-refractivity contribution in [1.29, 1.82) is 0 Å². The molecule has 0 aliphatic carbocycles. The normalized spacial score (nSPS) is 10.4. The van der Waals surface area contributed by atoms with E-state index in [1.54, 1.807) is 0 Å². The van der Waals surface area contributed by atoms with E-state index in [-0.39, 0.29) is 5.91 Å². The van der Waals surface area contributed by atoms with Crippen LogP contribution in [0.1, 0.15) is 17.7 Å². The van der Waals surface area contributed by atoms with Crippen molar-refractivity contribution in [3.8, 4) is 0 Å². The van der Waals surface area contributed by atoms with Crippen molar-refractivity contribution < 1.29 is 4.79 Å². The second-order valence-corrected chi connectivity index (χ2v) is 6.36. The van der Waals surface area contributed by atoms with Gasteiger partial charge in [0.2, 0.25) is 5.91 Å². The minimum absolute atomic E-state index is 0.0212. The maximum absolute atomic E-state index is 12.1. The Bertz CT molecular complexity index is 879. The van der Waals surface area contributed by atoms with Crippen molar-refractivity contribution in [3.63, 3.8) is 0 Å². The van der Waals surface area contributed by atoms with E-state index < -0.39 is 0 Å². The minimum Gasteiger partial charge on any atom is -0.340 e. The van der Waals surface area contributed by atoms with E-state index in [1.165, 1.54) is 6.33 Å². The molecule has 1 aromatic heterocycles. The molecule has 0 aliphatic heterocycles. The standard InChI is InChI=1S/C20H19ClN4O/c1-14-12-19(23-13-22-14)24-17-7-9-18(10-8-17)25-20(26)11-4-15-2-5-16(21)6-3-15/h2-3,5-10,12-13H,4,11H2,1H3,(H,25,26)(H,22,23,24). The lowest BCUT2D eigenvalue weighted by Gasteiger charge is -2.08. The minimum atomic E-state index is -0.0212. The summed E-state index contributed by atoms with van der Waals surface area (Å²) in [5, 5.41) is 6.81. The van der Waals surface area contributed by atoms with Gasteiger partial charge in [-0.3, -0.25) is 4.79 Å². The molecule has 0 radical (unpaired) electrons. The molecular weight excluding hydrogens is 348 g/mol. The summed E-state index contributed by atoms with van der Waals surface area (Å²) in [4.78, 5) is 20.3. The van der Waals surface area contributed by atoms with Crippen molar-refractivity contribution >= 4 is 34.7 Å². The van der Waals surface area contributed by atoms with Gasteiger partial charge in [0.1, 0.15) is 12.1 Å². The Balaban J connectivity index is 1.51. The van der Waals surface area contributed by atoms with E-state index >= 15 is 0 Å². The smallest absolute Gasteiger partial charge is 0.224 e. The van der Waals surface area contributed by atoms with E-state index in [2.05, 4.69) is 20.6 Å². The van der Waals surface area contributed by atoms with E-state index in [0.717, 1.165) is 28.5 Å². The van der Waals surface area contributed by atoms with Gasteiger partial charge in [-0.2, -0.15) is 0 Å². The molecule has 0 bridgehead atoms. The molecule has 0 fully saturated rings. The lowest BCUT2D eigenvalue weighted by Crippen LogP contribution is -2.12. The number of hydrogen-bond donors (Lipinski definition) is 2. The van der Waals surface area contributed by atoms with Gasteiger partial charge in [-0.25, -0.2) is 9.97 Å². The number of rotatable bonds is 6. The Morgan fingerprint density at radius 2 is 1.69 bits per heavy atom. The molecule has 6 heteroatoms. The number of aryl methyl sites for hydroxylation is 2. The van der Waals surface area contributed by atoms with Crippen LogP contribution in [0.3, 0.4) is 0 Å². The van der Waals surface area contributed by atoms with Crippen LogP contribution >= 0.6 is 11.6 Å². The van der Waals surface area contributed by atoms with Gasteiger partial charge in [0.05, 0.1) is 0 Å². The summed E-state index contributed by atoms with van der Waals surface area (Å²) in [7, 11) is 0. The van der Waals surface area contributed by atoms with Crippen LogP contribution in [-0.4, -0.2) is 15.9 Å². The molecule has 3 aromatic rings. The Morgan fingerprint density at radius 3 is 2.38 bits per heavy atom. The SMILES string of the molecule is Cc1cc(Nc2ccc(NC(=O)CCc3ccc(Cl)cc3)cc2)ncn1. The van der Waals surface area contributed by atoms with Crippen LogP contribution in [0.2, 0.25) is 5.02 Å². The highest BCUT2D eigenvalue weighted by Gasteiger charge is 2.04. The van der Waals surface area contributed by atoms with E-state index in [4.69, 9.17) is 11.6 Å². The average molecular weight is 367 g/mol. The summed E-state index contributed by atoms with van der Waals surface area (Å²) >= 11 is 5.86. The number of carbonyl (C=O) groups excluding carboxylic acids is 1. The molecule has 0 unspecified atom stereocenters. The summed E-state index contributed by atoms with van der Waals surface area (Å²) in [5.74, 6) is 0.712. The van der Waals surface area contributed by atoms with E-state index in [0.29, 0.717) is 17.9 Å². The van der Waals surface area contributed by atoms with Gasteiger partial charge in [-0.15, -0.1) is 0 Å². The third-order valence-corrected chi connectivity index (χ3v) is 4.05. The van der Waals surface area contributed by atoms with Crippen LogP contribution in [0.4, 0.5) is 17.2 Å². The predicted octanol–water partition coefficient (Wildman–Crippen LogP) is 4.75. The molecule has 0 spiro atoms. The van der Waals surface area contributed by atoms with Gasteiger partial charge < -0.3 is 10.6 Å². The molecule has 26 heavy (non-hydrogen) atoms. The van der Waals surface area contributed by atoms with Crippen molar-refractivity contribution in [3.05, 3.63) is 77.2 Å². The monoisotopic (exact) mass is 366 g/mol. The maximum Gasteiger partial charge on any atom is 0.224 e. The molecule has 0 saturated carbocycles. The average Bonchev–Trinajstić information content (AvgIpc) is 2.63. The number of nitrogens with zero attached hydrogens (tertiary/aromatic N) is 2. The Morgan fingerprint density at radius 1 is 1.00 bits per heavy atom. The fourth-order valence-electron chi connectivity index (χ4n) is 2.44. The van der Waals surface area contributed by atoms with Gasteiger partial charge >= 0.3 is 0 Å². The van der Waals surface area contributed by atoms with E-state index in [1.807, 2.05) is 61.5 Å². The zero-order valence-corrected chi connectivity index (χ0v) is 15.1. The summed E-state index contributed by atoms with van der Waals surface area (Å²) in [6, 6.07) is 16.9. The molecule has 2 N–H and O–H groups in total. The van der Waals surface area contributed by atoms with Crippen LogP contribution in [0, 0.1) is 6.92 Å². The molecule has 1 amide bonds. The van der Waals surface area contributed by atoms with Crippen LogP contribution in [0.5, 0.6) is 0 Å². The van der Waals surface area contributed by atoms with Crippen molar-refractivity contribution in [2.24, 2.45) is 0 Å². The third kappa shape index (κ3) is 5.29. The number of amides is 1. The first-order valence-corrected chi connectivity index (χ1v) is 8.66. The highest BCUT2D eigenvalue weighted by Crippen LogP contribution is 2.18. The molecule has 0 aliphatic rings. The molecule has 0 saturated heterocycles. The first-order valence-electron chi connectivity index (χ1n) is 8.28. The second-order valence-electron chi connectivity index (χ2n) is 5.92. The van der Waals surface area contributed by atoms with Gasteiger partial charge in [-0.05, 0) is 55.3 Å². The molecule has 5 nitrogen and oxygen atoms in total. The highest BCUT2D eigenvalue weighted by molar-refractivity contribution is 6.30. The quantitative estimate of drug-likeness (QED) is 0.660. The summed E-state index contributed by atoms with van der Waals surface area (Å²) in [6.07, 6.45) is 2.62. The third-order valence-electron chi connectivity index (χ3n) is 3.80. The lowest BCUT2D eigenvalue weighted by molar-refractivity contribution is -0.116. The largest absolute Gasteiger partial charge is 0.340 e. The number of carbonyl (C=O) groups is 1. The number of benzene rings is 2. The molecule has 0 atom stereocenters. The number of aromatic nitrogens is 2. The van der Waals surface area contributed by atoms with E-state index in [9.17, 15) is 4.79 Å². The number of nitrogens with one attached hydrogen (secondary N) is 2. The van der Waals surface area contributed by atoms with Crippen LogP contribution in [0.25, 0.3) is 0 Å². The summed E-state index contributed by atoms with van der Waals surface area (Å²) < 4.78 is 0. The van der Waals surface area contributed by atoms with Gasteiger partial charge in [-0.1, -0.05) is 23.7 Å². The Labute approximate surface area is 157 Å². The number of anilines is 3. The lowest BCUT2D eigenvalue weighted by atomic mass is 10.1. The topological polar surface area (TPSA) is 66.9 Å². The summed E-state index contributed by atoms with van der Waals surface area (Å²) in [5.41, 5.74) is 3.63. The number of halogens is 1. The molecule has 2 aromatic carbocycles. The van der Waals surface area contributed by atoms with Crippen molar-refractivity contribution in [2.75, 3.05) is 10.6 Å². The molecule has 132 valence electrons. The van der Waals surface area contributed by atoms with Crippen molar-refractivity contribution in [1.82, 2.24) is 9.97 Å². The molecule has 3 rings (SSSR count). The zero-order chi connectivity index (χ0) is 18.4. The number of hydrogen-bond acceptors (Lipinski definition) is 4. The first kappa shape index (κ1) is 17.9. The fraction of sp³-hybridized carbons (Fsp3) is 0.150. The van der Waals surface area contributed by atoms with Crippen LogP contribution in [0.15, 0.2) is 60.9 Å². The van der Waals surface area contributed by atoms with Crippen LogP contribution < -0.4 is 10.6 Å². The van der Waals surface area contributed by atoms with Crippen LogP contribution in [-0.2, 0) is 11.2 Å². The Kier molecular flexibility index (Phi) is 5.81. The van der Waals surface area contributed by atoms with Gasteiger partial charge in [0, 0.05) is 34.6 Å². The zero-order valence-electron chi connectivity index (χ0n) is 14.4. The van der Waals surface area contributed by atoms with Gasteiger partial charge in [0.25, 0.3) is 0 Å². The molecular formula is C20H19ClN4O. The predicted molar refractivity (Wildman–Crippen MR) is 105 cm³/mol. The Hall–Kier alpha value is -2.92. The summed E-state index contributed by atoms with van der Waals surface area (Å²) in [6.45, 7) is 1.91. The van der Waals surface area contributed by atoms with Crippen molar-refractivity contribution in [2.45, 2.75) is 19.8 Å². The first-order chi connectivity index (χ1) is 12.6.